The fourth-order valence-corrected chi connectivity index (χ4v) is 4.38. The summed E-state index contributed by atoms with van der Waals surface area (Å²) >= 11 is 0. The van der Waals surface area contributed by atoms with Crippen molar-refractivity contribution in [1.29, 1.82) is 0 Å². The Bertz CT molecular complexity index is 727. The summed E-state index contributed by atoms with van der Waals surface area (Å²) < 4.78 is 5.94. The van der Waals surface area contributed by atoms with Crippen LogP contribution < -0.4 is 15.5 Å². The van der Waals surface area contributed by atoms with E-state index in [1.54, 1.807) is 0 Å². The number of fused-ring (bicyclic) bond motifs is 4. The fraction of sp³-hybridized carbons (Fsp3) is 0.471. The van der Waals surface area contributed by atoms with Gasteiger partial charge in [-0.3, -0.25) is 20.2 Å². The molecule has 0 unspecified atom stereocenters. The van der Waals surface area contributed by atoms with Gasteiger partial charge in [0, 0.05) is 12.2 Å². The molecule has 126 valence electrons. The number of hydrogen-bond donors (Lipinski definition) is 2. The van der Waals surface area contributed by atoms with E-state index in [0.717, 1.165) is 11.3 Å². The van der Waals surface area contributed by atoms with Gasteiger partial charge in [-0.15, -0.1) is 0 Å². The van der Waals surface area contributed by atoms with E-state index in [1.165, 1.54) is 0 Å². The Labute approximate surface area is 139 Å². The van der Waals surface area contributed by atoms with E-state index in [9.17, 15) is 14.4 Å². The average Bonchev–Trinajstić information content (AvgIpc) is 2.52. The second-order valence-electron chi connectivity index (χ2n) is 6.76. The zero-order valence-electron chi connectivity index (χ0n) is 13.5. The molecule has 2 saturated heterocycles. The number of morpholine rings is 1. The molecule has 0 saturated carbocycles. The van der Waals surface area contributed by atoms with Crippen LogP contribution in [0.15, 0.2) is 24.3 Å². The van der Waals surface area contributed by atoms with Crippen molar-refractivity contribution < 1.29 is 19.1 Å². The summed E-state index contributed by atoms with van der Waals surface area (Å²) in [4.78, 5) is 39.2. The molecule has 7 nitrogen and oxygen atoms in total. The Morgan fingerprint density at radius 2 is 1.79 bits per heavy atom. The number of ether oxygens (including phenoxy) is 1. The lowest BCUT2D eigenvalue weighted by Gasteiger charge is -2.55. The van der Waals surface area contributed by atoms with E-state index in [4.69, 9.17) is 4.74 Å². The predicted octanol–water partition coefficient (Wildman–Crippen LogP) is 0.577. The van der Waals surface area contributed by atoms with Gasteiger partial charge in [-0.25, -0.2) is 4.79 Å². The highest BCUT2D eigenvalue weighted by Gasteiger charge is 2.62. The molecule has 1 spiro atoms. The first kappa shape index (κ1) is 15.1. The van der Waals surface area contributed by atoms with Crippen LogP contribution in [-0.4, -0.2) is 42.6 Å². The van der Waals surface area contributed by atoms with Gasteiger partial charge in [-0.05, 0) is 31.9 Å². The third-order valence-electron chi connectivity index (χ3n) is 5.22. The molecule has 0 aromatic heterocycles. The van der Waals surface area contributed by atoms with Crippen LogP contribution in [-0.2, 0) is 20.7 Å². The molecular formula is C17H19N3O4. The maximum absolute atomic E-state index is 12.8. The maximum atomic E-state index is 12.8. The topological polar surface area (TPSA) is 87.7 Å². The number of barbiturate groups is 1. The first-order valence-electron chi connectivity index (χ1n) is 8.10. The minimum absolute atomic E-state index is 0.0178. The quantitative estimate of drug-likeness (QED) is 0.680. The number of rotatable bonds is 0. The van der Waals surface area contributed by atoms with Gasteiger partial charge in [-0.2, -0.15) is 0 Å². The summed E-state index contributed by atoms with van der Waals surface area (Å²) in [6.45, 7) is 4.43. The van der Waals surface area contributed by atoms with E-state index >= 15 is 0 Å². The van der Waals surface area contributed by atoms with Gasteiger partial charge < -0.3 is 9.64 Å². The number of imide groups is 2. The molecule has 0 radical (unpaired) electrons. The number of carbonyl (C=O) groups excluding carboxylic acids is 3. The number of carbonyl (C=O) groups is 3. The number of urea groups is 1. The van der Waals surface area contributed by atoms with Gasteiger partial charge in [0.15, 0.2) is 5.41 Å². The van der Waals surface area contributed by atoms with E-state index in [2.05, 4.69) is 15.5 Å². The van der Waals surface area contributed by atoms with Gasteiger partial charge in [-0.1, -0.05) is 18.2 Å². The fourth-order valence-electron chi connectivity index (χ4n) is 4.38. The van der Waals surface area contributed by atoms with Gasteiger partial charge in [0.2, 0.25) is 11.8 Å². The molecule has 2 fully saturated rings. The van der Waals surface area contributed by atoms with Crippen LogP contribution in [0.1, 0.15) is 19.4 Å². The highest BCUT2D eigenvalue weighted by Crippen LogP contribution is 2.46. The summed E-state index contributed by atoms with van der Waals surface area (Å²) in [5.41, 5.74) is 0.573. The highest BCUT2D eigenvalue weighted by atomic mass is 16.5. The number of amides is 4. The number of benzene rings is 1. The molecule has 3 aliphatic heterocycles. The Morgan fingerprint density at radius 3 is 2.50 bits per heavy atom. The smallest absolute Gasteiger partial charge is 0.328 e. The minimum Gasteiger partial charge on any atom is -0.372 e. The monoisotopic (exact) mass is 329 g/mol. The van der Waals surface area contributed by atoms with Crippen LogP contribution in [0.3, 0.4) is 0 Å². The van der Waals surface area contributed by atoms with E-state index < -0.39 is 29.3 Å². The molecule has 2 N–H and O–H groups in total. The second-order valence-corrected chi connectivity index (χ2v) is 6.76. The van der Waals surface area contributed by atoms with Gasteiger partial charge >= 0.3 is 6.03 Å². The van der Waals surface area contributed by atoms with E-state index in [-0.39, 0.29) is 18.6 Å². The summed E-state index contributed by atoms with van der Waals surface area (Å²) in [5.74, 6) is -1.10. The van der Waals surface area contributed by atoms with Crippen molar-refractivity contribution in [3.05, 3.63) is 29.8 Å². The SMILES string of the molecule is C[C@@H]1CN2c3ccccc3CC3(C(=O)NC(=O)NC3=O)[C@@H]2[C@@H](C)O1. The molecule has 1 aromatic rings. The summed E-state index contributed by atoms with van der Waals surface area (Å²) in [6, 6.07) is 6.54. The summed E-state index contributed by atoms with van der Waals surface area (Å²) in [6.07, 6.45) is -0.0974. The standard InChI is InChI=1S/C17H19N3O4/c1-9-8-20-12-6-4-3-5-11(12)7-17(13(20)10(2)24-9)14(21)18-16(23)19-15(17)22/h3-6,9-10,13H,7-8H2,1-2H3,(H2,18,19,21,22,23)/t9-,10-,13+/m1/s1. The van der Waals surface area contributed by atoms with Crippen LogP contribution in [0.4, 0.5) is 10.5 Å². The average molecular weight is 329 g/mol. The first-order chi connectivity index (χ1) is 11.4. The lowest BCUT2D eigenvalue weighted by Crippen LogP contribution is -2.75. The summed E-state index contributed by atoms with van der Waals surface area (Å²) in [5, 5.41) is 4.55. The van der Waals surface area contributed by atoms with Crippen molar-refractivity contribution >= 4 is 23.5 Å². The summed E-state index contributed by atoms with van der Waals surface area (Å²) in [7, 11) is 0. The van der Waals surface area contributed by atoms with Crippen molar-refractivity contribution in [1.82, 2.24) is 10.6 Å². The van der Waals surface area contributed by atoms with Crippen molar-refractivity contribution in [3.63, 3.8) is 0 Å². The van der Waals surface area contributed by atoms with E-state index in [0.29, 0.717) is 6.54 Å². The van der Waals surface area contributed by atoms with Crippen molar-refractivity contribution in [3.8, 4) is 0 Å². The van der Waals surface area contributed by atoms with E-state index in [1.807, 2.05) is 38.1 Å². The third kappa shape index (κ3) is 1.91. The Hall–Kier alpha value is -2.41. The maximum Gasteiger partial charge on any atom is 0.328 e. The minimum atomic E-state index is -1.37. The molecule has 3 aliphatic rings. The third-order valence-corrected chi connectivity index (χ3v) is 5.22. The van der Waals surface area contributed by atoms with Crippen LogP contribution in [0.25, 0.3) is 0 Å². The van der Waals surface area contributed by atoms with Crippen LogP contribution >= 0.6 is 0 Å². The lowest BCUT2D eigenvalue weighted by atomic mass is 9.66. The molecular weight excluding hydrogens is 310 g/mol. The normalized spacial score (nSPS) is 31.2. The first-order valence-corrected chi connectivity index (χ1v) is 8.10. The zero-order valence-corrected chi connectivity index (χ0v) is 13.5. The molecule has 1 aromatic carbocycles. The molecule has 0 bridgehead atoms. The van der Waals surface area contributed by atoms with Crippen LogP contribution in [0, 0.1) is 5.41 Å². The number of hydrogen-bond acceptors (Lipinski definition) is 5. The Morgan fingerprint density at radius 1 is 1.12 bits per heavy atom. The van der Waals surface area contributed by atoms with Crippen LogP contribution in [0.2, 0.25) is 0 Å². The molecule has 4 rings (SSSR count). The molecule has 0 aliphatic carbocycles. The number of anilines is 1. The van der Waals surface area contributed by atoms with Crippen molar-refractivity contribution in [2.45, 2.75) is 38.5 Å². The molecule has 4 amide bonds. The molecule has 7 heteroatoms. The van der Waals surface area contributed by atoms with Gasteiger partial charge in [0.25, 0.3) is 0 Å². The Balaban J connectivity index is 1.91. The number of nitrogens with one attached hydrogen (secondary N) is 2. The predicted molar refractivity (Wildman–Crippen MR) is 85.4 cm³/mol. The molecule has 3 heterocycles. The number of para-hydroxylation sites is 1. The Kier molecular flexibility index (Phi) is 3.18. The van der Waals surface area contributed by atoms with Crippen molar-refractivity contribution in [2.75, 3.05) is 11.4 Å². The molecule has 3 atom stereocenters. The second kappa shape index (κ2) is 5.04. The van der Waals surface area contributed by atoms with Crippen molar-refractivity contribution in [2.24, 2.45) is 5.41 Å². The lowest BCUT2D eigenvalue weighted by molar-refractivity contribution is -0.153. The number of nitrogens with zero attached hydrogens (tertiary/aromatic N) is 1. The largest absolute Gasteiger partial charge is 0.372 e. The zero-order chi connectivity index (χ0) is 17.1. The molecule has 24 heavy (non-hydrogen) atoms. The van der Waals surface area contributed by atoms with Gasteiger partial charge in [0.1, 0.15) is 0 Å². The highest BCUT2D eigenvalue weighted by molar-refractivity contribution is 6.20. The van der Waals surface area contributed by atoms with Crippen LogP contribution in [0.5, 0.6) is 0 Å². The van der Waals surface area contributed by atoms with Gasteiger partial charge in [0.05, 0.1) is 18.2 Å².